The van der Waals surface area contributed by atoms with Gasteiger partial charge in [0.05, 0.1) is 10.6 Å². The maximum absolute atomic E-state index is 12.7. The molecule has 0 aliphatic carbocycles. The Balaban J connectivity index is 1.75. The Morgan fingerprint density at radius 3 is 2.41 bits per heavy atom. The molecule has 0 aromatic heterocycles. The summed E-state index contributed by atoms with van der Waals surface area (Å²) < 4.78 is 27.7. The van der Waals surface area contributed by atoms with Gasteiger partial charge in [-0.3, -0.25) is 4.79 Å². The average molecular weight is 450 g/mol. The monoisotopic (exact) mass is 449 g/mol. The van der Waals surface area contributed by atoms with E-state index < -0.39 is 15.9 Å². The lowest BCUT2D eigenvalue weighted by Crippen LogP contribution is -2.28. The third kappa shape index (κ3) is 4.63. The third-order valence-electron chi connectivity index (χ3n) is 4.39. The van der Waals surface area contributed by atoms with E-state index in [9.17, 15) is 13.2 Å². The van der Waals surface area contributed by atoms with Crippen LogP contribution in [0.15, 0.2) is 63.0 Å². The molecule has 27 heavy (non-hydrogen) atoms. The number of carbonyl (C=O) groups is 1. The Labute approximate surface area is 167 Å². The molecule has 0 spiro atoms. The predicted octanol–water partition coefficient (Wildman–Crippen LogP) is 3.39. The minimum Gasteiger partial charge on any atom is -0.267 e. The standard InChI is InChI=1S/C19H20BrN3O3S/c1-14(15-7-9-17(20)10-8-15)21-22-19(24)16-5-4-6-18(13-16)27(25,26)23-11-2-3-12-23/h4-10,13H,2-3,11-12H2,1H3,(H,22,24). The molecule has 6 nitrogen and oxygen atoms in total. The summed E-state index contributed by atoms with van der Waals surface area (Å²) in [5, 5.41) is 4.11. The molecule has 1 aliphatic heterocycles. The van der Waals surface area contributed by atoms with Crippen LogP contribution in [0, 0.1) is 0 Å². The smallest absolute Gasteiger partial charge is 0.267 e. The predicted molar refractivity (Wildman–Crippen MR) is 108 cm³/mol. The van der Waals surface area contributed by atoms with Gasteiger partial charge in [0.2, 0.25) is 10.0 Å². The van der Waals surface area contributed by atoms with E-state index in [1.165, 1.54) is 16.4 Å². The summed E-state index contributed by atoms with van der Waals surface area (Å²) in [7, 11) is -3.56. The minimum absolute atomic E-state index is 0.130. The largest absolute Gasteiger partial charge is 0.271 e. The van der Waals surface area contributed by atoms with E-state index in [2.05, 4.69) is 26.5 Å². The lowest BCUT2D eigenvalue weighted by molar-refractivity contribution is 0.0954. The van der Waals surface area contributed by atoms with Crippen LogP contribution < -0.4 is 5.43 Å². The number of sulfonamides is 1. The number of nitrogens with one attached hydrogen (secondary N) is 1. The van der Waals surface area contributed by atoms with Crippen LogP contribution in [0.5, 0.6) is 0 Å². The molecule has 8 heteroatoms. The van der Waals surface area contributed by atoms with Crippen molar-refractivity contribution in [3.05, 3.63) is 64.1 Å². The summed E-state index contributed by atoms with van der Waals surface area (Å²) in [6.45, 7) is 2.84. The first-order valence-electron chi connectivity index (χ1n) is 8.59. The van der Waals surface area contributed by atoms with Crippen molar-refractivity contribution in [1.82, 2.24) is 9.73 Å². The quantitative estimate of drug-likeness (QED) is 0.561. The van der Waals surface area contributed by atoms with Gasteiger partial charge in [-0.15, -0.1) is 0 Å². The van der Waals surface area contributed by atoms with E-state index in [4.69, 9.17) is 0 Å². The van der Waals surface area contributed by atoms with Crippen molar-refractivity contribution in [3.63, 3.8) is 0 Å². The molecule has 2 aromatic carbocycles. The van der Waals surface area contributed by atoms with Gasteiger partial charge in [-0.25, -0.2) is 13.8 Å². The van der Waals surface area contributed by atoms with Gasteiger partial charge >= 0.3 is 0 Å². The summed E-state index contributed by atoms with van der Waals surface area (Å²) in [5.74, 6) is -0.454. The van der Waals surface area contributed by atoms with Gasteiger partial charge in [-0.1, -0.05) is 34.1 Å². The van der Waals surface area contributed by atoms with Crippen LogP contribution in [-0.4, -0.2) is 37.4 Å². The fraction of sp³-hybridized carbons (Fsp3) is 0.263. The van der Waals surface area contributed by atoms with Crippen LogP contribution in [-0.2, 0) is 10.0 Å². The third-order valence-corrected chi connectivity index (χ3v) is 6.81. The minimum atomic E-state index is -3.56. The van der Waals surface area contributed by atoms with Gasteiger partial charge in [-0.2, -0.15) is 9.41 Å². The van der Waals surface area contributed by atoms with Crippen molar-refractivity contribution in [3.8, 4) is 0 Å². The zero-order valence-electron chi connectivity index (χ0n) is 14.9. The highest BCUT2D eigenvalue weighted by molar-refractivity contribution is 9.10. The first-order valence-corrected chi connectivity index (χ1v) is 10.8. The molecular weight excluding hydrogens is 430 g/mol. The molecule has 1 fully saturated rings. The van der Waals surface area contributed by atoms with Crippen molar-refractivity contribution in [2.24, 2.45) is 5.10 Å². The highest BCUT2D eigenvalue weighted by Crippen LogP contribution is 2.21. The normalized spacial score (nSPS) is 15.7. The number of nitrogens with zero attached hydrogens (tertiary/aromatic N) is 2. The van der Waals surface area contributed by atoms with Gasteiger partial charge in [0, 0.05) is 23.1 Å². The molecule has 1 amide bonds. The van der Waals surface area contributed by atoms with Crippen molar-refractivity contribution in [2.75, 3.05) is 13.1 Å². The molecule has 2 aromatic rings. The van der Waals surface area contributed by atoms with E-state index in [0.717, 1.165) is 22.9 Å². The maximum atomic E-state index is 12.7. The topological polar surface area (TPSA) is 78.8 Å². The zero-order valence-corrected chi connectivity index (χ0v) is 17.3. The van der Waals surface area contributed by atoms with E-state index in [0.29, 0.717) is 18.8 Å². The second-order valence-corrected chi connectivity index (χ2v) is 9.14. The molecule has 1 heterocycles. The highest BCUT2D eigenvalue weighted by Gasteiger charge is 2.27. The molecule has 0 saturated carbocycles. The molecule has 1 saturated heterocycles. The van der Waals surface area contributed by atoms with Crippen molar-refractivity contribution in [1.29, 1.82) is 0 Å². The van der Waals surface area contributed by atoms with Crippen molar-refractivity contribution in [2.45, 2.75) is 24.7 Å². The van der Waals surface area contributed by atoms with E-state index >= 15 is 0 Å². The van der Waals surface area contributed by atoms with Gasteiger partial charge in [0.25, 0.3) is 5.91 Å². The molecule has 0 unspecified atom stereocenters. The molecule has 0 bridgehead atoms. The number of amides is 1. The second kappa shape index (κ2) is 8.33. The SMILES string of the molecule is CC(=NNC(=O)c1cccc(S(=O)(=O)N2CCCC2)c1)c1ccc(Br)cc1. The summed E-state index contributed by atoms with van der Waals surface area (Å²) in [6, 6.07) is 13.6. The van der Waals surface area contributed by atoms with Crippen LogP contribution >= 0.6 is 15.9 Å². The Bertz CT molecular complexity index is 966. The molecule has 0 radical (unpaired) electrons. The Morgan fingerprint density at radius 1 is 1.07 bits per heavy atom. The first kappa shape index (κ1) is 19.7. The van der Waals surface area contributed by atoms with Gasteiger partial charge < -0.3 is 0 Å². The van der Waals surface area contributed by atoms with E-state index in [1.807, 2.05) is 24.3 Å². The number of hydrogen-bond acceptors (Lipinski definition) is 4. The highest BCUT2D eigenvalue weighted by atomic mass is 79.9. The van der Waals surface area contributed by atoms with Crippen LogP contribution in [0.1, 0.15) is 35.7 Å². The summed E-state index contributed by atoms with van der Waals surface area (Å²) in [4.78, 5) is 12.5. The number of rotatable bonds is 5. The average Bonchev–Trinajstić information content (AvgIpc) is 3.22. The van der Waals surface area contributed by atoms with Crippen LogP contribution in [0.25, 0.3) is 0 Å². The van der Waals surface area contributed by atoms with Crippen LogP contribution in [0.3, 0.4) is 0 Å². The number of hydrogen-bond donors (Lipinski definition) is 1. The summed E-state index contributed by atoms with van der Waals surface area (Å²) >= 11 is 3.37. The molecule has 3 rings (SSSR count). The molecule has 1 N–H and O–H groups in total. The fourth-order valence-electron chi connectivity index (χ4n) is 2.83. The van der Waals surface area contributed by atoms with E-state index in [-0.39, 0.29) is 10.5 Å². The molecular formula is C19H20BrN3O3S. The molecule has 0 atom stereocenters. The maximum Gasteiger partial charge on any atom is 0.271 e. The summed E-state index contributed by atoms with van der Waals surface area (Å²) in [5.41, 5.74) is 4.27. The number of hydrazone groups is 1. The van der Waals surface area contributed by atoms with Gasteiger partial charge in [0.15, 0.2) is 0 Å². The number of benzene rings is 2. The zero-order chi connectivity index (χ0) is 19.4. The number of carbonyl (C=O) groups excluding carboxylic acids is 1. The Kier molecular flexibility index (Phi) is 6.08. The van der Waals surface area contributed by atoms with Crippen LogP contribution in [0.4, 0.5) is 0 Å². The molecule has 142 valence electrons. The molecule has 1 aliphatic rings. The van der Waals surface area contributed by atoms with Crippen LogP contribution in [0.2, 0.25) is 0 Å². The van der Waals surface area contributed by atoms with Gasteiger partial charge in [-0.05, 0) is 55.7 Å². The lowest BCUT2D eigenvalue weighted by atomic mass is 10.1. The first-order chi connectivity index (χ1) is 12.9. The van der Waals surface area contributed by atoms with E-state index in [1.54, 1.807) is 19.1 Å². The summed E-state index contributed by atoms with van der Waals surface area (Å²) in [6.07, 6.45) is 1.73. The Morgan fingerprint density at radius 2 is 1.74 bits per heavy atom. The number of halogens is 1. The lowest BCUT2D eigenvalue weighted by Gasteiger charge is -2.15. The Hall–Kier alpha value is -2.03. The van der Waals surface area contributed by atoms with Crippen molar-refractivity contribution >= 4 is 37.6 Å². The van der Waals surface area contributed by atoms with Crippen molar-refractivity contribution < 1.29 is 13.2 Å². The van der Waals surface area contributed by atoms with Gasteiger partial charge in [0.1, 0.15) is 0 Å². The second-order valence-electron chi connectivity index (χ2n) is 6.28. The fourth-order valence-corrected chi connectivity index (χ4v) is 4.66.